The maximum absolute atomic E-state index is 11.5. The van der Waals surface area contributed by atoms with Gasteiger partial charge in [-0.1, -0.05) is 103 Å². The Morgan fingerprint density at radius 2 is 1.44 bits per heavy atom. The van der Waals surface area contributed by atoms with Crippen molar-refractivity contribution in [3.05, 3.63) is 97.1 Å². The van der Waals surface area contributed by atoms with Crippen LogP contribution in [0.15, 0.2) is 97.1 Å². The van der Waals surface area contributed by atoms with Crippen molar-refractivity contribution in [3.63, 3.8) is 0 Å². The molecule has 0 spiro atoms. The largest absolute Gasteiger partial charge is 0.390 e. The van der Waals surface area contributed by atoms with E-state index in [1.54, 1.807) is 0 Å². The van der Waals surface area contributed by atoms with Gasteiger partial charge in [-0.05, 0) is 42.8 Å². The van der Waals surface area contributed by atoms with Crippen LogP contribution in [0.1, 0.15) is 26.2 Å². The zero-order chi connectivity index (χ0) is 24.5. The Balaban J connectivity index is 1.58. The van der Waals surface area contributed by atoms with Crippen molar-refractivity contribution in [2.75, 3.05) is 13.1 Å². The van der Waals surface area contributed by atoms with E-state index in [-0.39, 0.29) is 0 Å². The zero-order valence-corrected chi connectivity index (χ0v) is 21.0. The number of fused-ring (bicyclic) bond motifs is 3. The van der Waals surface area contributed by atoms with E-state index in [9.17, 15) is 5.11 Å². The van der Waals surface area contributed by atoms with Crippen LogP contribution in [0.2, 0.25) is 0 Å². The molecule has 2 heterocycles. The van der Waals surface area contributed by atoms with E-state index in [1.165, 1.54) is 63.3 Å². The highest BCUT2D eigenvalue weighted by molar-refractivity contribution is 6.15. The molecule has 0 bridgehead atoms. The summed E-state index contributed by atoms with van der Waals surface area (Å²) in [6.45, 7) is 4.65. The molecule has 182 valence electrons. The van der Waals surface area contributed by atoms with Crippen LogP contribution in [0, 0.1) is 0 Å². The Kier molecular flexibility index (Phi) is 6.35. The first kappa shape index (κ1) is 23.0. The molecule has 1 N–H and O–H groups in total. The molecule has 4 aromatic carbocycles. The second-order valence-corrected chi connectivity index (χ2v) is 10.2. The van der Waals surface area contributed by atoms with Crippen LogP contribution < -0.4 is 0 Å². The van der Waals surface area contributed by atoms with Crippen molar-refractivity contribution in [3.8, 4) is 22.4 Å². The molecule has 1 aliphatic heterocycles. The maximum Gasteiger partial charge on any atom is 0.0846 e. The maximum atomic E-state index is 11.5. The van der Waals surface area contributed by atoms with E-state index in [0.717, 1.165) is 6.54 Å². The number of aromatic nitrogens is 1. The molecular weight excluding hydrogens is 440 g/mol. The number of likely N-dealkylation sites (tertiary alicyclic amines) is 1. The summed E-state index contributed by atoms with van der Waals surface area (Å²) >= 11 is 0. The zero-order valence-electron chi connectivity index (χ0n) is 21.0. The minimum atomic E-state index is -0.453. The summed E-state index contributed by atoms with van der Waals surface area (Å²) in [7, 11) is 0. The van der Waals surface area contributed by atoms with Crippen molar-refractivity contribution < 1.29 is 5.11 Å². The van der Waals surface area contributed by atoms with Crippen LogP contribution in [-0.2, 0) is 6.54 Å². The number of β-amino-alcohol motifs (C(OH)–C–C–N with tert-alkyl or cyclic N) is 1. The quantitative estimate of drug-likeness (QED) is 0.278. The van der Waals surface area contributed by atoms with Crippen LogP contribution in [0.4, 0.5) is 0 Å². The fourth-order valence-electron chi connectivity index (χ4n) is 6.07. The minimum absolute atomic E-state index is 0.453. The molecule has 0 aliphatic carbocycles. The predicted octanol–water partition coefficient (Wildman–Crippen LogP) is 7.36. The number of nitrogens with zero attached hydrogens (tertiary/aromatic N) is 2. The SMILES string of the molecule is C[C@@H]1CCCCN1C[C@@H](O)Cn1c(-c2ccccc2)c(-c2ccccc2)c2ccc3ccccc3c21. The van der Waals surface area contributed by atoms with Crippen LogP contribution >= 0.6 is 0 Å². The molecule has 3 heteroatoms. The van der Waals surface area contributed by atoms with Crippen LogP contribution in [-0.4, -0.2) is 39.8 Å². The van der Waals surface area contributed by atoms with Crippen molar-refractivity contribution in [1.29, 1.82) is 0 Å². The molecule has 1 aromatic heterocycles. The number of benzene rings is 4. The monoisotopic (exact) mass is 474 g/mol. The molecule has 36 heavy (non-hydrogen) atoms. The van der Waals surface area contributed by atoms with Crippen LogP contribution in [0.25, 0.3) is 44.1 Å². The van der Waals surface area contributed by atoms with Gasteiger partial charge in [0.05, 0.1) is 23.9 Å². The molecule has 6 rings (SSSR count). The molecule has 1 saturated heterocycles. The third-order valence-corrected chi connectivity index (χ3v) is 7.84. The van der Waals surface area contributed by atoms with E-state index in [2.05, 4.69) is 113 Å². The predicted molar refractivity (Wildman–Crippen MR) is 151 cm³/mol. The second-order valence-electron chi connectivity index (χ2n) is 10.2. The normalized spacial score (nSPS) is 17.6. The Morgan fingerprint density at radius 1 is 0.750 bits per heavy atom. The summed E-state index contributed by atoms with van der Waals surface area (Å²) in [6.07, 6.45) is 3.28. The van der Waals surface area contributed by atoms with Gasteiger partial charge in [-0.25, -0.2) is 0 Å². The van der Waals surface area contributed by atoms with Gasteiger partial charge < -0.3 is 9.67 Å². The highest BCUT2D eigenvalue weighted by Gasteiger charge is 2.25. The van der Waals surface area contributed by atoms with Crippen LogP contribution in [0.3, 0.4) is 0 Å². The third-order valence-electron chi connectivity index (χ3n) is 7.84. The number of aliphatic hydroxyl groups is 1. The third kappa shape index (κ3) is 4.23. The molecular formula is C33H34N2O. The number of aliphatic hydroxyl groups excluding tert-OH is 1. The number of piperidine rings is 1. The molecule has 0 amide bonds. The first-order chi connectivity index (χ1) is 17.7. The van der Waals surface area contributed by atoms with E-state index in [4.69, 9.17) is 0 Å². The summed E-state index contributed by atoms with van der Waals surface area (Å²) in [5.74, 6) is 0. The topological polar surface area (TPSA) is 28.4 Å². The van der Waals surface area contributed by atoms with E-state index in [0.29, 0.717) is 19.1 Å². The lowest BCUT2D eigenvalue weighted by Crippen LogP contribution is -2.43. The first-order valence-corrected chi connectivity index (χ1v) is 13.3. The summed E-state index contributed by atoms with van der Waals surface area (Å²) in [4.78, 5) is 2.47. The van der Waals surface area contributed by atoms with Gasteiger partial charge in [0.1, 0.15) is 0 Å². The number of hydrogen-bond acceptors (Lipinski definition) is 2. The van der Waals surface area contributed by atoms with Crippen molar-refractivity contribution in [2.45, 2.75) is 44.9 Å². The first-order valence-electron chi connectivity index (χ1n) is 13.3. The second kappa shape index (κ2) is 9.93. The average molecular weight is 475 g/mol. The average Bonchev–Trinajstić information content (AvgIpc) is 3.25. The Labute approximate surface area is 213 Å². The summed E-state index contributed by atoms with van der Waals surface area (Å²) in [6, 6.07) is 35.0. The highest BCUT2D eigenvalue weighted by atomic mass is 16.3. The Morgan fingerprint density at radius 3 is 2.19 bits per heavy atom. The molecule has 5 aromatic rings. The molecule has 1 aliphatic rings. The lowest BCUT2D eigenvalue weighted by Gasteiger charge is -2.35. The van der Waals surface area contributed by atoms with Gasteiger partial charge in [-0.15, -0.1) is 0 Å². The highest BCUT2D eigenvalue weighted by Crippen LogP contribution is 2.43. The molecule has 0 unspecified atom stereocenters. The minimum Gasteiger partial charge on any atom is -0.390 e. The molecule has 3 nitrogen and oxygen atoms in total. The van der Waals surface area contributed by atoms with Gasteiger partial charge in [-0.2, -0.15) is 0 Å². The number of rotatable bonds is 6. The van der Waals surface area contributed by atoms with Crippen molar-refractivity contribution >= 4 is 21.7 Å². The summed E-state index contributed by atoms with van der Waals surface area (Å²) in [5, 5.41) is 15.2. The lowest BCUT2D eigenvalue weighted by atomic mass is 9.97. The van der Waals surface area contributed by atoms with E-state index < -0.39 is 6.10 Å². The van der Waals surface area contributed by atoms with E-state index in [1.807, 2.05) is 0 Å². The van der Waals surface area contributed by atoms with Gasteiger partial charge in [0.25, 0.3) is 0 Å². The Bertz CT molecular complexity index is 1470. The Hall–Kier alpha value is -3.40. The summed E-state index contributed by atoms with van der Waals surface area (Å²) in [5.41, 5.74) is 6.00. The van der Waals surface area contributed by atoms with Gasteiger partial charge >= 0.3 is 0 Å². The molecule has 0 radical (unpaired) electrons. The van der Waals surface area contributed by atoms with Crippen molar-refractivity contribution in [1.82, 2.24) is 9.47 Å². The summed E-state index contributed by atoms with van der Waals surface area (Å²) < 4.78 is 2.40. The van der Waals surface area contributed by atoms with Gasteiger partial charge in [0.15, 0.2) is 0 Å². The lowest BCUT2D eigenvalue weighted by molar-refractivity contribution is 0.0647. The fraction of sp³-hybridized carbons (Fsp3) is 0.273. The van der Waals surface area contributed by atoms with Gasteiger partial charge in [0, 0.05) is 28.9 Å². The fourth-order valence-corrected chi connectivity index (χ4v) is 6.07. The number of hydrogen-bond donors (Lipinski definition) is 1. The van der Waals surface area contributed by atoms with Gasteiger partial charge in [-0.3, -0.25) is 4.90 Å². The molecule has 2 atom stereocenters. The standard InChI is InChI=1S/C33H34N2O/c1-24-12-10-11-21-34(24)22-28(36)23-35-32(27-16-6-3-7-17-27)31(26-14-4-2-5-15-26)30-20-19-25-13-8-9-18-29(25)33(30)35/h2-9,13-20,24,28,36H,10-12,21-23H2,1H3/t24-,28-/m1/s1. The van der Waals surface area contributed by atoms with Gasteiger partial charge in [0.2, 0.25) is 0 Å². The molecule has 1 fully saturated rings. The van der Waals surface area contributed by atoms with Crippen LogP contribution in [0.5, 0.6) is 0 Å². The van der Waals surface area contributed by atoms with Crippen molar-refractivity contribution in [2.24, 2.45) is 0 Å². The molecule has 0 saturated carbocycles. The smallest absolute Gasteiger partial charge is 0.0846 e. The van der Waals surface area contributed by atoms with E-state index >= 15 is 0 Å².